The maximum atomic E-state index is 7.12. The Morgan fingerprint density at radius 1 is 1.29 bits per heavy atom. The van der Waals surface area contributed by atoms with Gasteiger partial charge in [0.15, 0.2) is 6.79 Å². The number of rotatable bonds is 4. The highest BCUT2D eigenvalue weighted by Gasteiger charge is 1.98. The van der Waals surface area contributed by atoms with E-state index in [2.05, 4.69) is 0 Å². The van der Waals surface area contributed by atoms with Crippen LogP contribution in [0, 0.1) is 0 Å². The van der Waals surface area contributed by atoms with Crippen molar-refractivity contribution in [2.75, 3.05) is 13.4 Å². The number of hydrogen-bond donors (Lipinski definition) is 2. The number of fused-ring (bicyclic) bond motifs is 1. The molecule has 0 unspecified atom stereocenters. The Labute approximate surface area is 99.9 Å². The van der Waals surface area contributed by atoms with Gasteiger partial charge in [-0.3, -0.25) is 0 Å². The first-order valence-corrected chi connectivity index (χ1v) is 5.21. The van der Waals surface area contributed by atoms with Gasteiger partial charge in [-0.15, -0.1) is 0 Å². The molecule has 0 atom stereocenters. The van der Waals surface area contributed by atoms with Crippen LogP contribution < -0.4 is 4.74 Å². The minimum absolute atomic E-state index is 0.292. The van der Waals surface area contributed by atoms with Crippen LogP contribution in [0.2, 0.25) is 0 Å². The molecule has 2 aromatic rings. The molecule has 0 radical (unpaired) electrons. The van der Waals surface area contributed by atoms with Crippen molar-refractivity contribution in [3.63, 3.8) is 0 Å². The summed E-state index contributed by atoms with van der Waals surface area (Å²) in [5, 5.41) is 15.3. The molecule has 5 nitrogen and oxygen atoms in total. The molecule has 0 saturated carbocycles. The van der Waals surface area contributed by atoms with Crippen LogP contribution in [0.15, 0.2) is 34.9 Å². The van der Waals surface area contributed by atoms with Crippen molar-refractivity contribution in [1.29, 1.82) is 0 Å². The van der Waals surface area contributed by atoms with Gasteiger partial charge in [0.1, 0.15) is 11.3 Å². The largest absolute Gasteiger partial charge is 0.468 e. The van der Waals surface area contributed by atoms with Crippen LogP contribution in [0.25, 0.3) is 11.0 Å². The number of ether oxygens (including phenoxy) is 2. The average molecular weight is 238 g/mol. The molecule has 0 aliphatic heterocycles. The third kappa shape index (κ3) is 4.48. The summed E-state index contributed by atoms with van der Waals surface area (Å²) in [5.41, 5.74) is 0.869. The highest BCUT2D eigenvalue weighted by Crippen LogP contribution is 2.21. The van der Waals surface area contributed by atoms with Gasteiger partial charge >= 0.3 is 7.69 Å². The van der Waals surface area contributed by atoms with E-state index in [4.69, 9.17) is 23.9 Å². The van der Waals surface area contributed by atoms with E-state index in [1.807, 2.05) is 31.2 Å². The van der Waals surface area contributed by atoms with Crippen LogP contribution in [0.1, 0.15) is 6.92 Å². The molecular formula is C11H15BO5. The van der Waals surface area contributed by atoms with E-state index in [0.29, 0.717) is 13.4 Å². The first kappa shape index (κ1) is 13.6. The SMILES string of the molecule is CCOCOc1ccc2occc2c1.OBO. The molecule has 0 bridgehead atoms. The van der Waals surface area contributed by atoms with Crippen molar-refractivity contribution in [2.24, 2.45) is 0 Å². The third-order valence-electron chi connectivity index (χ3n) is 1.94. The molecular weight excluding hydrogens is 223 g/mol. The van der Waals surface area contributed by atoms with Crippen LogP contribution in [0.5, 0.6) is 5.75 Å². The van der Waals surface area contributed by atoms with Crippen LogP contribution >= 0.6 is 0 Å². The fourth-order valence-electron chi connectivity index (χ4n) is 1.23. The Bertz CT molecular complexity index is 428. The molecule has 17 heavy (non-hydrogen) atoms. The molecule has 2 rings (SSSR count). The molecule has 0 saturated heterocycles. The van der Waals surface area contributed by atoms with E-state index < -0.39 is 7.69 Å². The van der Waals surface area contributed by atoms with Gasteiger partial charge < -0.3 is 23.9 Å². The second-order valence-electron chi connectivity index (χ2n) is 3.02. The zero-order valence-corrected chi connectivity index (χ0v) is 9.63. The summed E-state index contributed by atoms with van der Waals surface area (Å²) >= 11 is 0. The topological polar surface area (TPSA) is 72.1 Å². The lowest BCUT2D eigenvalue weighted by Gasteiger charge is -2.04. The average Bonchev–Trinajstić information content (AvgIpc) is 2.78. The summed E-state index contributed by atoms with van der Waals surface area (Å²) in [7, 11) is -0.750. The van der Waals surface area contributed by atoms with E-state index in [0.717, 1.165) is 16.7 Å². The highest BCUT2D eigenvalue weighted by atomic mass is 16.7. The van der Waals surface area contributed by atoms with Gasteiger partial charge in [-0.1, -0.05) is 0 Å². The molecule has 6 heteroatoms. The van der Waals surface area contributed by atoms with Gasteiger partial charge in [0, 0.05) is 12.0 Å². The lowest BCUT2D eigenvalue weighted by atomic mass is 10.2. The number of hydrogen-bond acceptors (Lipinski definition) is 5. The molecule has 1 heterocycles. The van der Waals surface area contributed by atoms with Gasteiger partial charge in [0.05, 0.1) is 6.26 Å². The molecule has 0 aliphatic carbocycles. The van der Waals surface area contributed by atoms with Crippen LogP contribution in [-0.4, -0.2) is 31.1 Å². The Kier molecular flexibility index (Phi) is 6.17. The summed E-state index contributed by atoms with van der Waals surface area (Å²) in [6, 6.07) is 7.59. The Morgan fingerprint density at radius 2 is 2.06 bits per heavy atom. The Hall–Kier alpha value is -1.50. The fourth-order valence-corrected chi connectivity index (χ4v) is 1.23. The lowest BCUT2D eigenvalue weighted by molar-refractivity contribution is 0.0225. The first-order valence-electron chi connectivity index (χ1n) is 5.21. The molecule has 1 aromatic heterocycles. The lowest BCUT2D eigenvalue weighted by Crippen LogP contribution is -2.01. The van der Waals surface area contributed by atoms with Crippen LogP contribution in [-0.2, 0) is 4.74 Å². The van der Waals surface area contributed by atoms with Crippen molar-refractivity contribution in [3.8, 4) is 5.75 Å². The maximum absolute atomic E-state index is 7.12. The zero-order valence-electron chi connectivity index (χ0n) is 9.63. The predicted molar refractivity (Wildman–Crippen MR) is 64.9 cm³/mol. The monoisotopic (exact) mass is 238 g/mol. The first-order chi connectivity index (χ1) is 8.31. The molecule has 2 N–H and O–H groups in total. The van der Waals surface area contributed by atoms with Crippen molar-refractivity contribution >= 4 is 18.7 Å². The predicted octanol–water partition coefficient (Wildman–Crippen LogP) is 1.04. The Morgan fingerprint density at radius 3 is 2.76 bits per heavy atom. The standard InChI is InChI=1S/C11H12O3.BH3O2/c1-2-12-8-14-10-3-4-11-9(7-10)5-6-13-11;2-1-3/h3-7H,2,8H2,1H3;1-3H. The molecule has 0 aliphatic rings. The third-order valence-corrected chi connectivity index (χ3v) is 1.94. The van der Waals surface area contributed by atoms with E-state index in [9.17, 15) is 0 Å². The minimum Gasteiger partial charge on any atom is -0.468 e. The van der Waals surface area contributed by atoms with Crippen molar-refractivity contribution in [3.05, 3.63) is 30.5 Å². The quantitative estimate of drug-likeness (QED) is 0.473. The van der Waals surface area contributed by atoms with E-state index in [1.165, 1.54) is 0 Å². The number of benzene rings is 1. The summed E-state index contributed by atoms with van der Waals surface area (Å²) in [6.07, 6.45) is 1.66. The van der Waals surface area contributed by atoms with E-state index >= 15 is 0 Å². The Balaban J connectivity index is 0.000000437. The summed E-state index contributed by atoms with van der Waals surface area (Å²) < 4.78 is 15.7. The van der Waals surface area contributed by atoms with Crippen molar-refractivity contribution in [2.45, 2.75) is 6.92 Å². The van der Waals surface area contributed by atoms with Gasteiger partial charge in [-0.2, -0.15) is 0 Å². The van der Waals surface area contributed by atoms with Crippen molar-refractivity contribution in [1.82, 2.24) is 0 Å². The summed E-state index contributed by atoms with van der Waals surface area (Å²) in [5.74, 6) is 0.798. The zero-order chi connectivity index (χ0) is 12.5. The van der Waals surface area contributed by atoms with Gasteiger partial charge in [0.25, 0.3) is 0 Å². The molecule has 0 spiro atoms. The van der Waals surface area contributed by atoms with E-state index in [1.54, 1.807) is 6.26 Å². The maximum Gasteiger partial charge on any atom is 0.432 e. The van der Waals surface area contributed by atoms with Gasteiger partial charge in [-0.25, -0.2) is 0 Å². The minimum atomic E-state index is -0.750. The molecule has 0 amide bonds. The van der Waals surface area contributed by atoms with Gasteiger partial charge in [0.2, 0.25) is 0 Å². The second kappa shape index (κ2) is 7.73. The summed E-state index contributed by atoms with van der Waals surface area (Å²) in [6.45, 7) is 2.89. The highest BCUT2D eigenvalue weighted by molar-refractivity contribution is 6.13. The van der Waals surface area contributed by atoms with Crippen LogP contribution in [0.3, 0.4) is 0 Å². The van der Waals surface area contributed by atoms with Crippen molar-refractivity contribution < 1.29 is 23.9 Å². The van der Waals surface area contributed by atoms with Gasteiger partial charge in [-0.05, 0) is 31.2 Å². The normalized spacial score (nSPS) is 9.59. The molecule has 92 valence electrons. The summed E-state index contributed by atoms with van der Waals surface area (Å²) in [4.78, 5) is 0. The number of furan rings is 1. The fraction of sp³-hybridized carbons (Fsp3) is 0.273. The second-order valence-corrected chi connectivity index (χ2v) is 3.02. The van der Waals surface area contributed by atoms with Crippen LogP contribution in [0.4, 0.5) is 0 Å². The smallest absolute Gasteiger partial charge is 0.432 e. The van der Waals surface area contributed by atoms with E-state index in [-0.39, 0.29) is 0 Å². The molecule has 1 aromatic carbocycles. The molecule has 0 fully saturated rings.